The van der Waals surface area contributed by atoms with Gasteiger partial charge in [-0.05, 0) is 89.8 Å². The van der Waals surface area contributed by atoms with Crippen molar-refractivity contribution in [2.24, 2.45) is 0 Å². The van der Waals surface area contributed by atoms with Gasteiger partial charge in [0.2, 0.25) is 0 Å². The molecule has 0 unspecified atom stereocenters. The van der Waals surface area contributed by atoms with E-state index in [-0.39, 0.29) is 0 Å². The van der Waals surface area contributed by atoms with Crippen LogP contribution in [-0.2, 0) is 0 Å². The molecule has 0 bridgehead atoms. The predicted molar refractivity (Wildman–Crippen MR) is 226 cm³/mol. The van der Waals surface area contributed by atoms with Crippen LogP contribution in [0.5, 0.6) is 0 Å². The molecule has 3 heterocycles. The van der Waals surface area contributed by atoms with E-state index in [0.29, 0.717) is 11.3 Å². The Morgan fingerprint density at radius 3 is 1.53 bits per heavy atom. The number of benzene rings is 8. The van der Waals surface area contributed by atoms with Crippen molar-refractivity contribution in [2.45, 2.75) is 0 Å². The van der Waals surface area contributed by atoms with Crippen LogP contribution in [0.1, 0.15) is 5.56 Å². The van der Waals surface area contributed by atoms with E-state index in [9.17, 15) is 5.26 Å². The third kappa shape index (κ3) is 4.45. The van der Waals surface area contributed by atoms with Crippen molar-refractivity contribution in [3.05, 3.63) is 193 Å². The molecule has 0 radical (unpaired) electrons. The molecule has 0 aliphatic carbocycles. The number of rotatable bonds is 4. The molecule has 0 fully saturated rings. The Hall–Kier alpha value is -7.86. The average Bonchev–Trinajstić information content (AvgIpc) is 3.88. The fourth-order valence-corrected chi connectivity index (χ4v) is 8.79. The topological polar surface area (TPSA) is 42.9 Å². The Labute approximate surface area is 316 Å². The minimum absolute atomic E-state index is 0.594. The van der Waals surface area contributed by atoms with Gasteiger partial charge in [0.05, 0.1) is 57.0 Å². The molecule has 3 aromatic heterocycles. The van der Waals surface area contributed by atoms with E-state index in [1.165, 1.54) is 32.6 Å². The van der Waals surface area contributed by atoms with E-state index in [4.69, 9.17) is 6.57 Å². The standard InChI is InChI=1S/C50H29N5/c1-52-34-24-26-48-41(29-34)39-17-5-9-22-46(39)55(48)49-23-11-13-33(31-51)50(49)32-12-10-14-35(28-32)53-45-21-8-4-18-40(45)42-30-36(25-27-47(42)53)54-43-19-6-2-15-37(43)38-16-3-7-20-44(38)54/h2-30H. The van der Waals surface area contributed by atoms with Gasteiger partial charge in [-0.3, -0.25) is 0 Å². The van der Waals surface area contributed by atoms with Crippen LogP contribution in [0.25, 0.3) is 98.5 Å². The van der Waals surface area contributed by atoms with Crippen LogP contribution >= 0.6 is 0 Å². The second kappa shape index (κ2) is 11.8. The van der Waals surface area contributed by atoms with Gasteiger partial charge in [0.1, 0.15) is 0 Å². The lowest BCUT2D eigenvalue weighted by Crippen LogP contribution is -2.00. The first kappa shape index (κ1) is 30.7. The highest BCUT2D eigenvalue weighted by atomic mass is 15.0. The maximum Gasteiger partial charge on any atom is 0.188 e. The maximum absolute atomic E-state index is 10.6. The van der Waals surface area contributed by atoms with Gasteiger partial charge in [0.25, 0.3) is 0 Å². The van der Waals surface area contributed by atoms with Crippen LogP contribution in [0.2, 0.25) is 0 Å². The maximum atomic E-state index is 10.6. The first-order valence-corrected chi connectivity index (χ1v) is 18.3. The molecule has 0 amide bonds. The summed E-state index contributed by atoms with van der Waals surface area (Å²) in [5, 5.41) is 17.5. The molecular formula is C50H29N5. The van der Waals surface area contributed by atoms with Crippen LogP contribution in [0, 0.1) is 17.9 Å². The van der Waals surface area contributed by atoms with Gasteiger partial charge >= 0.3 is 0 Å². The Kier molecular flexibility index (Phi) is 6.61. The Bertz CT molecular complexity index is 3420. The minimum atomic E-state index is 0.594. The summed E-state index contributed by atoms with van der Waals surface area (Å²) in [4.78, 5) is 3.72. The number of aromatic nitrogens is 3. The number of para-hydroxylation sites is 4. The normalized spacial score (nSPS) is 11.6. The quantitative estimate of drug-likeness (QED) is 0.169. The van der Waals surface area contributed by atoms with Crippen molar-refractivity contribution in [1.82, 2.24) is 13.7 Å². The van der Waals surface area contributed by atoms with E-state index in [2.05, 4.69) is 158 Å². The van der Waals surface area contributed by atoms with Crippen molar-refractivity contribution in [3.8, 4) is 34.3 Å². The summed E-state index contributed by atoms with van der Waals surface area (Å²) in [7, 11) is 0. The SMILES string of the molecule is [C-]#[N+]c1ccc2c(c1)c1ccccc1n2-c1cccc(C#N)c1-c1cccc(-n2c3ccccc3c3cc(-n4c5ccccc5c5ccccc54)ccc32)c1. The van der Waals surface area contributed by atoms with Crippen molar-refractivity contribution >= 4 is 71.1 Å². The summed E-state index contributed by atoms with van der Waals surface area (Å²) in [5.41, 5.74) is 12.6. The van der Waals surface area contributed by atoms with Crippen LogP contribution in [0.3, 0.4) is 0 Å². The Balaban J connectivity index is 1.13. The van der Waals surface area contributed by atoms with Gasteiger partial charge in [-0.1, -0.05) is 97.1 Å². The fourth-order valence-electron chi connectivity index (χ4n) is 8.79. The van der Waals surface area contributed by atoms with Gasteiger partial charge in [-0.2, -0.15) is 5.26 Å². The lowest BCUT2D eigenvalue weighted by atomic mass is 9.97. The van der Waals surface area contributed by atoms with E-state index in [0.717, 1.165) is 61.0 Å². The van der Waals surface area contributed by atoms with Gasteiger partial charge in [-0.25, -0.2) is 4.85 Å². The Morgan fingerprint density at radius 1 is 0.418 bits per heavy atom. The number of nitrogens with zero attached hydrogens (tertiary/aromatic N) is 5. The summed E-state index contributed by atoms with van der Waals surface area (Å²) in [5.74, 6) is 0. The van der Waals surface area contributed by atoms with Crippen LogP contribution < -0.4 is 0 Å². The average molecular weight is 700 g/mol. The highest BCUT2D eigenvalue weighted by Crippen LogP contribution is 2.41. The third-order valence-electron chi connectivity index (χ3n) is 11.1. The molecule has 5 heteroatoms. The zero-order valence-electron chi connectivity index (χ0n) is 29.5. The molecule has 0 spiro atoms. The van der Waals surface area contributed by atoms with E-state index in [1.807, 2.05) is 42.5 Å². The summed E-state index contributed by atoms with van der Waals surface area (Å²) >= 11 is 0. The minimum Gasteiger partial charge on any atom is -0.309 e. The lowest BCUT2D eigenvalue weighted by Gasteiger charge is -2.17. The molecular weight excluding hydrogens is 671 g/mol. The van der Waals surface area contributed by atoms with E-state index in [1.54, 1.807) is 0 Å². The van der Waals surface area contributed by atoms with E-state index < -0.39 is 0 Å². The largest absolute Gasteiger partial charge is 0.309 e. The second-order valence-electron chi connectivity index (χ2n) is 14.0. The van der Waals surface area contributed by atoms with Gasteiger partial charge in [0, 0.05) is 43.9 Å². The number of fused-ring (bicyclic) bond motifs is 9. The van der Waals surface area contributed by atoms with Crippen LogP contribution in [0.15, 0.2) is 176 Å². The summed E-state index contributed by atoms with van der Waals surface area (Å²) in [6.45, 7) is 7.66. The molecule has 0 saturated heterocycles. The molecule has 0 aliphatic rings. The molecule has 254 valence electrons. The van der Waals surface area contributed by atoms with Crippen molar-refractivity contribution in [3.63, 3.8) is 0 Å². The van der Waals surface area contributed by atoms with E-state index >= 15 is 0 Å². The zero-order chi connectivity index (χ0) is 36.6. The third-order valence-corrected chi connectivity index (χ3v) is 11.1. The molecule has 0 N–H and O–H groups in total. The predicted octanol–water partition coefficient (Wildman–Crippen LogP) is 13.1. The number of hydrogen-bond donors (Lipinski definition) is 0. The number of hydrogen-bond acceptors (Lipinski definition) is 1. The van der Waals surface area contributed by atoms with Gasteiger partial charge in [0.15, 0.2) is 5.69 Å². The Morgan fingerprint density at radius 2 is 0.909 bits per heavy atom. The molecule has 5 nitrogen and oxygen atoms in total. The van der Waals surface area contributed by atoms with Crippen molar-refractivity contribution in [2.75, 3.05) is 0 Å². The monoisotopic (exact) mass is 699 g/mol. The summed E-state index contributed by atoms with van der Waals surface area (Å²) < 4.78 is 6.94. The smallest absolute Gasteiger partial charge is 0.188 e. The summed E-state index contributed by atoms with van der Waals surface area (Å²) in [6, 6.07) is 63.8. The molecule has 0 aliphatic heterocycles. The number of nitriles is 1. The highest BCUT2D eigenvalue weighted by molar-refractivity contribution is 6.13. The molecule has 0 saturated carbocycles. The second-order valence-corrected chi connectivity index (χ2v) is 14.0. The molecule has 11 rings (SSSR count). The molecule has 8 aromatic carbocycles. The van der Waals surface area contributed by atoms with Gasteiger partial charge < -0.3 is 13.7 Å². The summed E-state index contributed by atoms with van der Waals surface area (Å²) in [6.07, 6.45) is 0. The van der Waals surface area contributed by atoms with Crippen molar-refractivity contribution < 1.29 is 0 Å². The molecule has 11 aromatic rings. The van der Waals surface area contributed by atoms with Crippen LogP contribution in [0.4, 0.5) is 5.69 Å². The van der Waals surface area contributed by atoms with Crippen LogP contribution in [-0.4, -0.2) is 13.7 Å². The fraction of sp³-hybridized carbons (Fsp3) is 0. The lowest BCUT2D eigenvalue weighted by molar-refractivity contribution is 1.16. The molecule has 0 atom stereocenters. The van der Waals surface area contributed by atoms with Gasteiger partial charge in [-0.15, -0.1) is 0 Å². The highest BCUT2D eigenvalue weighted by Gasteiger charge is 2.20. The zero-order valence-corrected chi connectivity index (χ0v) is 29.5. The first-order valence-electron chi connectivity index (χ1n) is 18.3. The molecule has 55 heavy (non-hydrogen) atoms. The van der Waals surface area contributed by atoms with Crippen molar-refractivity contribution in [1.29, 1.82) is 5.26 Å². The first-order chi connectivity index (χ1) is 27.2.